The van der Waals surface area contributed by atoms with E-state index in [0.717, 1.165) is 4.90 Å². The number of fused-ring (bicyclic) bond motifs is 1. The van der Waals surface area contributed by atoms with Crippen molar-refractivity contribution in [1.82, 2.24) is 0 Å². The minimum atomic E-state index is -0.635. The van der Waals surface area contributed by atoms with Gasteiger partial charge in [0, 0.05) is 13.0 Å². The molecule has 0 bridgehead atoms. The maximum absolute atomic E-state index is 12.7. The smallest absolute Gasteiger partial charge is 0.316 e. The first-order chi connectivity index (χ1) is 15.9. The molecule has 2 aliphatic heterocycles. The summed E-state index contributed by atoms with van der Waals surface area (Å²) in [5.41, 5.74) is 1.64. The summed E-state index contributed by atoms with van der Waals surface area (Å²) < 4.78 is 5.46. The van der Waals surface area contributed by atoms with E-state index in [1.54, 1.807) is 60.7 Å². The van der Waals surface area contributed by atoms with Crippen molar-refractivity contribution in [3.05, 3.63) is 88.9 Å². The molecule has 2 aliphatic rings. The highest BCUT2D eigenvalue weighted by molar-refractivity contribution is 6.34. The van der Waals surface area contributed by atoms with Crippen LogP contribution in [0.25, 0.3) is 0 Å². The standard InChI is InChI=1S/C25H17ClN2O5/c26-20-7-3-4-8-21(20)27-14-15(13-22(27)29)25(32)33-17-11-9-16(10-12-17)28-23(30)18-5-1-2-6-19(18)24(28)31/h1-12,15H,13-14H2/t15-/m0/s1. The number of anilines is 2. The van der Waals surface area contributed by atoms with Crippen molar-refractivity contribution < 1.29 is 23.9 Å². The van der Waals surface area contributed by atoms with Crippen LogP contribution < -0.4 is 14.5 Å². The van der Waals surface area contributed by atoms with Gasteiger partial charge >= 0.3 is 5.97 Å². The summed E-state index contributed by atoms with van der Waals surface area (Å²) in [6.07, 6.45) is 0.0250. The lowest BCUT2D eigenvalue weighted by atomic mass is 10.1. The summed E-state index contributed by atoms with van der Waals surface area (Å²) in [6, 6.07) is 19.7. The van der Waals surface area contributed by atoms with Crippen LogP contribution in [0.15, 0.2) is 72.8 Å². The van der Waals surface area contributed by atoms with Gasteiger partial charge in [-0.1, -0.05) is 35.9 Å². The number of nitrogens with zero attached hydrogens (tertiary/aromatic N) is 2. The summed E-state index contributed by atoms with van der Waals surface area (Å²) >= 11 is 6.18. The van der Waals surface area contributed by atoms with E-state index in [0.29, 0.717) is 27.5 Å². The van der Waals surface area contributed by atoms with Gasteiger partial charge < -0.3 is 9.64 Å². The highest BCUT2D eigenvalue weighted by Gasteiger charge is 2.38. The van der Waals surface area contributed by atoms with Gasteiger partial charge in [-0.2, -0.15) is 0 Å². The molecule has 1 atom stereocenters. The summed E-state index contributed by atoms with van der Waals surface area (Å²) in [6.45, 7) is 0.175. The van der Waals surface area contributed by atoms with Crippen LogP contribution in [0.5, 0.6) is 5.75 Å². The van der Waals surface area contributed by atoms with E-state index in [-0.39, 0.29) is 24.6 Å². The lowest BCUT2D eigenvalue weighted by molar-refractivity contribution is -0.139. The first-order valence-corrected chi connectivity index (χ1v) is 10.7. The fourth-order valence-corrected chi connectivity index (χ4v) is 4.29. The van der Waals surface area contributed by atoms with Crippen LogP contribution in [0.1, 0.15) is 27.1 Å². The average molecular weight is 461 g/mol. The first kappa shape index (κ1) is 20.9. The predicted molar refractivity (Wildman–Crippen MR) is 122 cm³/mol. The van der Waals surface area contributed by atoms with Crippen LogP contribution >= 0.6 is 11.6 Å². The van der Waals surface area contributed by atoms with E-state index >= 15 is 0 Å². The number of esters is 1. The summed E-state index contributed by atoms with van der Waals surface area (Å²) in [5, 5.41) is 0.434. The second-order valence-electron chi connectivity index (χ2n) is 7.76. The molecule has 2 heterocycles. The van der Waals surface area contributed by atoms with Crippen molar-refractivity contribution in [3.8, 4) is 5.75 Å². The van der Waals surface area contributed by atoms with E-state index < -0.39 is 23.7 Å². The van der Waals surface area contributed by atoms with E-state index in [9.17, 15) is 19.2 Å². The topological polar surface area (TPSA) is 84.0 Å². The van der Waals surface area contributed by atoms with Crippen molar-refractivity contribution >= 4 is 46.7 Å². The Labute approximate surface area is 194 Å². The second-order valence-corrected chi connectivity index (χ2v) is 8.17. The van der Waals surface area contributed by atoms with Crippen molar-refractivity contribution in [2.24, 2.45) is 5.92 Å². The number of para-hydroxylation sites is 1. The number of halogens is 1. The van der Waals surface area contributed by atoms with Crippen molar-refractivity contribution in [2.45, 2.75) is 6.42 Å². The zero-order chi connectivity index (χ0) is 23.1. The number of hydrogen-bond donors (Lipinski definition) is 0. The highest BCUT2D eigenvalue weighted by atomic mass is 35.5. The largest absolute Gasteiger partial charge is 0.426 e. The maximum atomic E-state index is 12.7. The third kappa shape index (κ3) is 3.66. The zero-order valence-corrected chi connectivity index (χ0v) is 18.0. The average Bonchev–Trinajstić information content (AvgIpc) is 3.33. The number of ether oxygens (including phenoxy) is 1. The van der Waals surface area contributed by atoms with Crippen LogP contribution in [0.4, 0.5) is 11.4 Å². The molecule has 33 heavy (non-hydrogen) atoms. The van der Waals surface area contributed by atoms with Gasteiger partial charge in [0.25, 0.3) is 11.8 Å². The van der Waals surface area contributed by atoms with Gasteiger partial charge in [-0.25, -0.2) is 4.90 Å². The predicted octanol–water partition coefficient (Wildman–Crippen LogP) is 4.10. The van der Waals surface area contributed by atoms with Gasteiger partial charge in [-0.15, -0.1) is 0 Å². The molecule has 0 N–H and O–H groups in total. The van der Waals surface area contributed by atoms with E-state index in [1.165, 1.54) is 17.0 Å². The third-order valence-corrected chi connectivity index (χ3v) is 6.03. The Kier molecular flexibility index (Phi) is 5.18. The molecule has 3 amide bonds. The first-order valence-electron chi connectivity index (χ1n) is 10.3. The molecule has 5 rings (SSSR count). The van der Waals surface area contributed by atoms with Gasteiger partial charge in [-0.3, -0.25) is 19.2 Å². The fraction of sp³-hybridized carbons (Fsp3) is 0.120. The molecule has 0 aliphatic carbocycles. The minimum Gasteiger partial charge on any atom is -0.426 e. The summed E-state index contributed by atoms with van der Waals surface area (Å²) in [5.74, 6) is -1.92. The maximum Gasteiger partial charge on any atom is 0.316 e. The summed E-state index contributed by atoms with van der Waals surface area (Å²) in [7, 11) is 0. The number of amides is 3. The van der Waals surface area contributed by atoms with Crippen LogP contribution in [0, 0.1) is 5.92 Å². The van der Waals surface area contributed by atoms with E-state index in [4.69, 9.17) is 16.3 Å². The minimum absolute atomic E-state index is 0.0250. The Morgan fingerprint density at radius 1 is 0.848 bits per heavy atom. The SMILES string of the molecule is O=C(Oc1ccc(N2C(=O)c3ccccc3C2=O)cc1)[C@H]1CC(=O)N(c2ccccc2Cl)C1. The molecule has 1 saturated heterocycles. The number of carbonyl (C=O) groups excluding carboxylic acids is 4. The van der Waals surface area contributed by atoms with Gasteiger partial charge in [0.2, 0.25) is 5.91 Å². The van der Waals surface area contributed by atoms with Crippen LogP contribution in [0.2, 0.25) is 5.02 Å². The van der Waals surface area contributed by atoms with Crippen LogP contribution in [0.3, 0.4) is 0 Å². The Balaban J connectivity index is 1.27. The van der Waals surface area contributed by atoms with Gasteiger partial charge in [0.15, 0.2) is 0 Å². The lowest BCUT2D eigenvalue weighted by Gasteiger charge is -2.18. The molecule has 7 nitrogen and oxygen atoms in total. The Hall–Kier alpha value is -3.97. The molecular weight excluding hydrogens is 444 g/mol. The second kappa shape index (κ2) is 8.18. The molecule has 0 unspecified atom stereocenters. The highest BCUT2D eigenvalue weighted by Crippen LogP contribution is 2.32. The normalized spacial score (nSPS) is 17.5. The lowest BCUT2D eigenvalue weighted by Crippen LogP contribution is -2.29. The zero-order valence-electron chi connectivity index (χ0n) is 17.2. The number of hydrogen-bond acceptors (Lipinski definition) is 5. The van der Waals surface area contributed by atoms with Crippen LogP contribution in [-0.4, -0.2) is 30.2 Å². The van der Waals surface area contributed by atoms with Gasteiger partial charge in [0.1, 0.15) is 5.75 Å². The number of rotatable bonds is 4. The van der Waals surface area contributed by atoms with E-state index in [2.05, 4.69) is 0 Å². The molecule has 3 aromatic rings. The third-order valence-electron chi connectivity index (χ3n) is 5.71. The number of benzene rings is 3. The van der Waals surface area contributed by atoms with Crippen molar-refractivity contribution in [2.75, 3.05) is 16.3 Å². The van der Waals surface area contributed by atoms with Gasteiger partial charge in [-0.05, 0) is 48.5 Å². The van der Waals surface area contributed by atoms with Crippen molar-refractivity contribution in [3.63, 3.8) is 0 Å². The van der Waals surface area contributed by atoms with E-state index in [1.807, 2.05) is 0 Å². The molecule has 1 fully saturated rings. The van der Waals surface area contributed by atoms with Gasteiger partial charge in [0.05, 0.1) is 33.4 Å². The monoisotopic (exact) mass is 460 g/mol. The summed E-state index contributed by atoms with van der Waals surface area (Å²) in [4.78, 5) is 52.9. The number of imide groups is 1. The molecule has 0 aromatic heterocycles. The molecule has 0 radical (unpaired) electrons. The molecule has 164 valence electrons. The number of carbonyl (C=O) groups is 4. The Morgan fingerprint density at radius 2 is 1.45 bits per heavy atom. The fourth-order valence-electron chi connectivity index (χ4n) is 4.06. The quantitative estimate of drug-likeness (QED) is 0.332. The molecule has 0 spiro atoms. The molecule has 0 saturated carbocycles. The van der Waals surface area contributed by atoms with Crippen LogP contribution in [-0.2, 0) is 9.59 Å². The molecule has 8 heteroatoms. The Morgan fingerprint density at radius 3 is 2.09 bits per heavy atom. The van der Waals surface area contributed by atoms with Crippen molar-refractivity contribution in [1.29, 1.82) is 0 Å². The molecular formula is C25H17ClN2O5. The Bertz CT molecular complexity index is 1270. The molecule has 3 aromatic carbocycles.